The molecule has 0 amide bonds. The fraction of sp³-hybridized carbons (Fsp3) is 0.524. The molecular formula is C21H31ClIN5S. The summed E-state index contributed by atoms with van der Waals surface area (Å²) in [6.45, 7) is 9.80. The smallest absolute Gasteiger partial charge is 0.191 e. The van der Waals surface area contributed by atoms with Crippen LogP contribution in [0.2, 0.25) is 5.02 Å². The molecule has 8 heteroatoms. The van der Waals surface area contributed by atoms with Crippen molar-refractivity contribution in [3.05, 3.63) is 50.9 Å². The number of nitrogens with zero attached hydrogens (tertiary/aromatic N) is 3. The SMILES string of the molecule is CCNC(=NCc1ccccc1Cl)NCC1CCN(Cc2csc(C)n2)CC1.I. The molecule has 1 saturated heterocycles. The Labute approximate surface area is 200 Å². The Hall–Kier alpha value is -0.900. The lowest BCUT2D eigenvalue weighted by atomic mass is 9.97. The van der Waals surface area contributed by atoms with Gasteiger partial charge in [0.1, 0.15) is 0 Å². The van der Waals surface area contributed by atoms with Crippen molar-refractivity contribution in [2.45, 2.75) is 39.8 Å². The lowest BCUT2D eigenvalue weighted by molar-refractivity contribution is 0.176. The molecule has 0 saturated carbocycles. The van der Waals surface area contributed by atoms with E-state index in [0.29, 0.717) is 12.5 Å². The summed E-state index contributed by atoms with van der Waals surface area (Å²) in [5.74, 6) is 1.54. The molecule has 2 heterocycles. The summed E-state index contributed by atoms with van der Waals surface area (Å²) in [6.07, 6.45) is 2.42. The van der Waals surface area contributed by atoms with Gasteiger partial charge in [0.2, 0.25) is 0 Å². The highest BCUT2D eigenvalue weighted by atomic mass is 127. The van der Waals surface area contributed by atoms with E-state index in [-0.39, 0.29) is 24.0 Å². The molecule has 0 spiro atoms. The van der Waals surface area contributed by atoms with Gasteiger partial charge in [-0.1, -0.05) is 29.8 Å². The van der Waals surface area contributed by atoms with Gasteiger partial charge in [0.05, 0.1) is 17.2 Å². The molecule has 160 valence electrons. The first-order valence-corrected chi connectivity index (χ1v) is 11.3. The second kappa shape index (κ2) is 12.7. The fourth-order valence-electron chi connectivity index (χ4n) is 3.43. The van der Waals surface area contributed by atoms with E-state index in [4.69, 9.17) is 16.6 Å². The van der Waals surface area contributed by atoms with E-state index in [9.17, 15) is 0 Å². The average Bonchev–Trinajstić information content (AvgIpc) is 3.11. The van der Waals surface area contributed by atoms with Crippen LogP contribution in [-0.2, 0) is 13.1 Å². The van der Waals surface area contributed by atoms with E-state index >= 15 is 0 Å². The molecule has 1 fully saturated rings. The standard InChI is InChI=1S/C21H30ClN5S.HI/c1-3-23-21(25-13-18-6-4-5-7-20(18)22)24-12-17-8-10-27(11-9-17)14-19-15-28-16(2)26-19;/h4-7,15,17H,3,8-14H2,1-2H3,(H2,23,24,25);1H. The minimum Gasteiger partial charge on any atom is -0.357 e. The van der Waals surface area contributed by atoms with Gasteiger partial charge in [0.25, 0.3) is 0 Å². The van der Waals surface area contributed by atoms with Crippen LogP contribution in [0.15, 0.2) is 34.6 Å². The van der Waals surface area contributed by atoms with Crippen molar-refractivity contribution in [2.24, 2.45) is 10.9 Å². The van der Waals surface area contributed by atoms with Crippen LogP contribution in [0, 0.1) is 12.8 Å². The predicted octanol–water partition coefficient (Wildman–Crippen LogP) is 4.69. The van der Waals surface area contributed by atoms with Crippen molar-refractivity contribution in [1.82, 2.24) is 20.5 Å². The molecule has 0 radical (unpaired) electrons. The first-order chi connectivity index (χ1) is 13.6. The third-order valence-electron chi connectivity index (χ3n) is 5.03. The van der Waals surface area contributed by atoms with Crippen LogP contribution < -0.4 is 10.6 Å². The average molecular weight is 548 g/mol. The summed E-state index contributed by atoms with van der Waals surface area (Å²) in [4.78, 5) is 11.8. The van der Waals surface area contributed by atoms with Crippen LogP contribution in [0.4, 0.5) is 0 Å². The van der Waals surface area contributed by atoms with Gasteiger partial charge in [0, 0.05) is 30.0 Å². The van der Waals surface area contributed by atoms with E-state index in [1.165, 1.54) is 18.5 Å². The summed E-state index contributed by atoms with van der Waals surface area (Å²) in [5, 5.41) is 11.0. The Morgan fingerprint density at radius 2 is 2.03 bits per heavy atom. The highest BCUT2D eigenvalue weighted by molar-refractivity contribution is 14.0. The lowest BCUT2D eigenvalue weighted by Gasteiger charge is -2.31. The van der Waals surface area contributed by atoms with E-state index < -0.39 is 0 Å². The summed E-state index contributed by atoms with van der Waals surface area (Å²) >= 11 is 7.98. The van der Waals surface area contributed by atoms with Crippen LogP contribution in [0.3, 0.4) is 0 Å². The van der Waals surface area contributed by atoms with E-state index in [1.54, 1.807) is 11.3 Å². The van der Waals surface area contributed by atoms with Crippen molar-refractivity contribution in [3.8, 4) is 0 Å². The molecule has 1 aromatic carbocycles. The molecule has 1 aromatic heterocycles. The quantitative estimate of drug-likeness (QED) is 0.300. The maximum atomic E-state index is 6.24. The van der Waals surface area contributed by atoms with Crippen molar-refractivity contribution < 1.29 is 0 Å². The van der Waals surface area contributed by atoms with Crippen LogP contribution in [0.1, 0.15) is 36.0 Å². The Bertz CT molecular complexity index is 774. The minimum absolute atomic E-state index is 0. The van der Waals surface area contributed by atoms with Crippen molar-refractivity contribution in [2.75, 3.05) is 26.2 Å². The number of piperidine rings is 1. The van der Waals surface area contributed by atoms with Gasteiger partial charge in [-0.3, -0.25) is 4.90 Å². The Kier molecular flexibility index (Phi) is 10.7. The van der Waals surface area contributed by atoms with Crippen LogP contribution in [0.25, 0.3) is 0 Å². The van der Waals surface area contributed by atoms with E-state index in [2.05, 4.69) is 39.7 Å². The van der Waals surface area contributed by atoms with Crippen LogP contribution in [0.5, 0.6) is 0 Å². The monoisotopic (exact) mass is 547 g/mol. The number of aliphatic imine (C=N–C) groups is 1. The number of benzene rings is 1. The highest BCUT2D eigenvalue weighted by Crippen LogP contribution is 2.19. The van der Waals surface area contributed by atoms with Crippen molar-refractivity contribution in [1.29, 1.82) is 0 Å². The van der Waals surface area contributed by atoms with E-state index in [0.717, 1.165) is 54.3 Å². The predicted molar refractivity (Wildman–Crippen MR) is 135 cm³/mol. The van der Waals surface area contributed by atoms with Gasteiger partial charge in [-0.2, -0.15) is 0 Å². The summed E-state index contributed by atoms with van der Waals surface area (Å²) in [7, 11) is 0. The van der Waals surface area contributed by atoms with Crippen molar-refractivity contribution >= 4 is 52.9 Å². The maximum Gasteiger partial charge on any atom is 0.191 e. The molecule has 1 aliphatic rings. The number of likely N-dealkylation sites (tertiary alicyclic amines) is 1. The second-order valence-corrected chi connectivity index (χ2v) is 8.71. The third-order valence-corrected chi connectivity index (χ3v) is 6.22. The molecule has 0 aliphatic carbocycles. The Morgan fingerprint density at radius 3 is 2.69 bits per heavy atom. The number of aromatic nitrogens is 1. The van der Waals surface area contributed by atoms with Gasteiger partial charge < -0.3 is 10.6 Å². The van der Waals surface area contributed by atoms with Gasteiger partial charge >= 0.3 is 0 Å². The topological polar surface area (TPSA) is 52.6 Å². The number of guanidine groups is 1. The first-order valence-electron chi connectivity index (χ1n) is 10.0. The zero-order valence-corrected chi connectivity index (χ0v) is 21.1. The number of thiazole rings is 1. The van der Waals surface area contributed by atoms with Gasteiger partial charge in [0.15, 0.2) is 5.96 Å². The molecule has 5 nitrogen and oxygen atoms in total. The van der Waals surface area contributed by atoms with E-state index in [1.807, 2.05) is 24.3 Å². The number of halogens is 2. The largest absolute Gasteiger partial charge is 0.357 e. The molecule has 0 atom stereocenters. The summed E-state index contributed by atoms with van der Waals surface area (Å²) < 4.78 is 0. The number of rotatable bonds is 7. The molecular weight excluding hydrogens is 517 g/mol. The van der Waals surface area contributed by atoms with Crippen LogP contribution in [-0.4, -0.2) is 42.0 Å². The van der Waals surface area contributed by atoms with Gasteiger partial charge in [-0.25, -0.2) is 9.98 Å². The molecule has 2 N–H and O–H groups in total. The van der Waals surface area contributed by atoms with Crippen LogP contribution >= 0.6 is 46.9 Å². The molecule has 29 heavy (non-hydrogen) atoms. The molecule has 0 bridgehead atoms. The third kappa shape index (κ3) is 8.03. The molecule has 0 unspecified atom stereocenters. The molecule has 3 rings (SSSR count). The number of aryl methyl sites for hydroxylation is 1. The zero-order chi connectivity index (χ0) is 19.8. The fourth-order valence-corrected chi connectivity index (χ4v) is 4.23. The molecule has 2 aromatic rings. The second-order valence-electron chi connectivity index (χ2n) is 7.24. The zero-order valence-electron chi connectivity index (χ0n) is 17.2. The highest BCUT2D eigenvalue weighted by Gasteiger charge is 2.20. The minimum atomic E-state index is 0. The first kappa shape index (κ1) is 24.4. The summed E-state index contributed by atoms with van der Waals surface area (Å²) in [5.41, 5.74) is 2.26. The summed E-state index contributed by atoms with van der Waals surface area (Å²) in [6, 6.07) is 7.88. The normalized spacial score (nSPS) is 15.8. The Morgan fingerprint density at radius 1 is 1.28 bits per heavy atom. The number of nitrogens with one attached hydrogen (secondary N) is 2. The number of hydrogen-bond donors (Lipinski definition) is 2. The maximum absolute atomic E-state index is 6.24. The number of hydrogen-bond acceptors (Lipinski definition) is 4. The van der Waals surface area contributed by atoms with Gasteiger partial charge in [-0.15, -0.1) is 35.3 Å². The Balaban J connectivity index is 0.00000300. The van der Waals surface area contributed by atoms with Crippen molar-refractivity contribution in [3.63, 3.8) is 0 Å². The van der Waals surface area contributed by atoms with Gasteiger partial charge in [-0.05, 0) is 57.3 Å². The molecule has 1 aliphatic heterocycles. The lowest BCUT2D eigenvalue weighted by Crippen LogP contribution is -2.42.